The minimum absolute atomic E-state index is 0.0633. The van der Waals surface area contributed by atoms with Crippen LogP contribution in [0, 0.1) is 0 Å². The summed E-state index contributed by atoms with van der Waals surface area (Å²) in [6.45, 7) is 4.30. The maximum Gasteiger partial charge on any atom is 0.326 e. The second kappa shape index (κ2) is 13.5. The molecule has 3 aliphatic rings. The lowest BCUT2D eigenvalue weighted by Gasteiger charge is -2.36. The number of piperidine rings is 1. The Morgan fingerprint density at radius 1 is 0.889 bits per heavy atom. The van der Waals surface area contributed by atoms with Crippen LogP contribution in [0.5, 0.6) is 5.75 Å². The first-order chi connectivity index (χ1) is 21.8. The zero-order chi connectivity index (χ0) is 31.5. The zero-order valence-electron chi connectivity index (χ0n) is 25.0. The summed E-state index contributed by atoms with van der Waals surface area (Å²) >= 11 is 12.6. The van der Waals surface area contributed by atoms with Gasteiger partial charge in [-0.05, 0) is 79.8 Å². The molecule has 2 fully saturated rings. The first-order valence-corrected chi connectivity index (χ1v) is 16.1. The number of nitrogens with zero attached hydrogens (tertiary/aromatic N) is 4. The number of carbonyl (C=O) groups is 3. The maximum absolute atomic E-state index is 14.6. The highest BCUT2D eigenvalue weighted by Gasteiger charge is 2.45. The number of likely N-dealkylation sites (tertiary alicyclic amines) is 1. The minimum Gasteiger partial charge on any atom is -0.493 e. The average Bonchev–Trinajstić information content (AvgIpc) is 3.46. The van der Waals surface area contributed by atoms with Crippen molar-refractivity contribution in [2.45, 2.75) is 38.3 Å². The fraction of sp³-hybridized carbons (Fsp3) is 0.353. The number of benzene rings is 3. The van der Waals surface area contributed by atoms with Crippen LogP contribution in [0.1, 0.15) is 65.3 Å². The number of aliphatic imine (C=N–C) groups is 1. The van der Waals surface area contributed by atoms with Gasteiger partial charge in [-0.2, -0.15) is 0 Å². The van der Waals surface area contributed by atoms with E-state index in [9.17, 15) is 14.4 Å². The van der Waals surface area contributed by atoms with E-state index in [1.807, 2.05) is 36.1 Å². The van der Waals surface area contributed by atoms with Crippen LogP contribution >= 0.6 is 23.2 Å². The molecule has 234 valence electrons. The molecule has 1 N–H and O–H groups in total. The molecule has 6 rings (SSSR count). The summed E-state index contributed by atoms with van der Waals surface area (Å²) in [5.74, 6) is 0.579. The Bertz CT molecular complexity index is 1610. The first kappa shape index (κ1) is 30.9. The van der Waals surface area contributed by atoms with Crippen LogP contribution < -0.4 is 10.1 Å². The molecule has 0 aromatic heterocycles. The third kappa shape index (κ3) is 6.51. The molecule has 3 heterocycles. The number of halogens is 2. The highest BCUT2D eigenvalue weighted by atomic mass is 35.5. The van der Waals surface area contributed by atoms with Gasteiger partial charge in [0.1, 0.15) is 24.2 Å². The maximum atomic E-state index is 14.6. The van der Waals surface area contributed by atoms with Gasteiger partial charge >= 0.3 is 6.03 Å². The molecule has 2 atom stereocenters. The summed E-state index contributed by atoms with van der Waals surface area (Å²) in [7, 11) is 0. The number of urea groups is 1. The van der Waals surface area contributed by atoms with E-state index < -0.39 is 12.1 Å². The molecule has 9 nitrogen and oxygen atoms in total. The molecular weight excluding hydrogens is 613 g/mol. The zero-order valence-corrected chi connectivity index (χ0v) is 26.6. The van der Waals surface area contributed by atoms with Crippen LogP contribution in [0.2, 0.25) is 10.0 Å². The molecule has 3 aliphatic heterocycles. The molecule has 0 saturated carbocycles. The number of hydrogen-bond donors (Lipinski definition) is 1. The van der Waals surface area contributed by atoms with Crippen molar-refractivity contribution in [3.63, 3.8) is 0 Å². The number of ether oxygens (including phenoxy) is 1. The fourth-order valence-electron chi connectivity index (χ4n) is 6.21. The monoisotopic (exact) mass is 647 g/mol. The average molecular weight is 649 g/mol. The van der Waals surface area contributed by atoms with Crippen LogP contribution in [-0.2, 0) is 4.79 Å². The third-order valence-corrected chi connectivity index (χ3v) is 8.92. The van der Waals surface area contributed by atoms with E-state index in [0.717, 1.165) is 30.4 Å². The SMILES string of the molecule is CCOc1ccc(C(=O)N2CCCCC2)cc1C1=N[C@@H](c2ccc(Cl)cc2)[C@@H](c2ccc(Cl)cc2)N1C(=O)N1CCNC(=O)C1. The van der Waals surface area contributed by atoms with Gasteiger partial charge in [-0.25, -0.2) is 4.79 Å². The van der Waals surface area contributed by atoms with Gasteiger partial charge in [-0.1, -0.05) is 47.5 Å². The van der Waals surface area contributed by atoms with E-state index in [-0.39, 0.29) is 24.4 Å². The van der Waals surface area contributed by atoms with Crippen molar-refractivity contribution >= 4 is 46.9 Å². The molecule has 11 heteroatoms. The molecule has 2 saturated heterocycles. The van der Waals surface area contributed by atoms with Crippen LogP contribution in [0.3, 0.4) is 0 Å². The van der Waals surface area contributed by atoms with Crippen molar-refractivity contribution in [2.75, 3.05) is 39.3 Å². The van der Waals surface area contributed by atoms with Crippen molar-refractivity contribution < 1.29 is 19.1 Å². The standard InChI is InChI=1S/C34H35Cl2N5O4/c1-2-45-28-15-10-24(33(43)39-17-4-3-5-18-39)20-27(28)32-38-30(22-6-11-25(35)12-7-22)31(23-8-13-26(36)14-9-23)41(32)34(44)40-19-16-37-29(42)21-40/h6-15,20,30-31H,2-5,16-19,21H2,1H3,(H,37,42)/t30-,31+/m0/s1. The molecule has 0 bridgehead atoms. The van der Waals surface area contributed by atoms with Crippen LogP contribution in [0.4, 0.5) is 4.79 Å². The van der Waals surface area contributed by atoms with E-state index >= 15 is 0 Å². The fourth-order valence-corrected chi connectivity index (χ4v) is 6.46. The largest absolute Gasteiger partial charge is 0.493 e. The molecule has 0 spiro atoms. The van der Waals surface area contributed by atoms with Crippen LogP contribution in [0.25, 0.3) is 0 Å². The molecule has 0 aliphatic carbocycles. The Labute approximate surface area is 272 Å². The van der Waals surface area contributed by atoms with Crippen molar-refractivity contribution in [1.82, 2.24) is 20.0 Å². The number of piperazine rings is 1. The molecule has 0 radical (unpaired) electrons. The number of carbonyl (C=O) groups excluding carboxylic acids is 3. The van der Waals surface area contributed by atoms with Crippen molar-refractivity contribution in [3.8, 4) is 5.75 Å². The van der Waals surface area contributed by atoms with Crippen molar-refractivity contribution in [2.24, 2.45) is 4.99 Å². The van der Waals surface area contributed by atoms with Gasteiger partial charge in [0.25, 0.3) is 5.91 Å². The highest BCUT2D eigenvalue weighted by Crippen LogP contribution is 2.45. The van der Waals surface area contributed by atoms with Crippen LogP contribution in [-0.4, -0.2) is 77.7 Å². The Balaban J connectivity index is 1.52. The number of amides is 4. The second-order valence-electron chi connectivity index (χ2n) is 11.4. The van der Waals surface area contributed by atoms with Gasteiger partial charge in [-0.15, -0.1) is 0 Å². The van der Waals surface area contributed by atoms with Gasteiger partial charge in [0.05, 0.1) is 18.2 Å². The smallest absolute Gasteiger partial charge is 0.326 e. The van der Waals surface area contributed by atoms with E-state index in [1.54, 1.807) is 47.4 Å². The summed E-state index contributed by atoms with van der Waals surface area (Å²) in [5.41, 5.74) is 2.69. The number of nitrogens with one attached hydrogen (secondary N) is 1. The van der Waals surface area contributed by atoms with Crippen molar-refractivity contribution in [1.29, 1.82) is 0 Å². The van der Waals surface area contributed by atoms with Gasteiger partial charge in [0, 0.05) is 41.8 Å². The number of hydrogen-bond acceptors (Lipinski definition) is 5. The second-order valence-corrected chi connectivity index (χ2v) is 12.2. The Hall–Kier alpha value is -4.08. The summed E-state index contributed by atoms with van der Waals surface area (Å²) in [5, 5.41) is 3.94. The third-order valence-electron chi connectivity index (χ3n) is 8.42. The van der Waals surface area contributed by atoms with E-state index in [0.29, 0.717) is 65.5 Å². The molecule has 0 unspecified atom stereocenters. The lowest BCUT2D eigenvalue weighted by Crippen LogP contribution is -2.55. The number of amidine groups is 1. The topological polar surface area (TPSA) is 94.6 Å². The lowest BCUT2D eigenvalue weighted by molar-refractivity contribution is -0.123. The summed E-state index contributed by atoms with van der Waals surface area (Å²) < 4.78 is 6.08. The minimum atomic E-state index is -0.591. The Kier molecular flexibility index (Phi) is 9.28. The van der Waals surface area contributed by atoms with E-state index in [2.05, 4.69) is 5.32 Å². The molecule has 3 aromatic rings. The summed E-state index contributed by atoms with van der Waals surface area (Å²) in [4.78, 5) is 50.9. The van der Waals surface area contributed by atoms with E-state index in [1.165, 1.54) is 4.90 Å². The van der Waals surface area contributed by atoms with Gasteiger partial charge in [0.15, 0.2) is 0 Å². The summed E-state index contributed by atoms with van der Waals surface area (Å²) in [6, 6.07) is 18.6. The van der Waals surface area contributed by atoms with Crippen LogP contribution in [0.15, 0.2) is 71.7 Å². The highest BCUT2D eigenvalue weighted by molar-refractivity contribution is 6.30. The predicted molar refractivity (Wildman–Crippen MR) is 174 cm³/mol. The van der Waals surface area contributed by atoms with Gasteiger partial charge in [0.2, 0.25) is 5.91 Å². The Morgan fingerprint density at radius 3 is 2.20 bits per heavy atom. The summed E-state index contributed by atoms with van der Waals surface area (Å²) in [6.07, 6.45) is 3.05. The molecule has 4 amide bonds. The normalized spacial score (nSPS) is 20.1. The quantitative estimate of drug-likeness (QED) is 0.349. The molecule has 45 heavy (non-hydrogen) atoms. The lowest BCUT2D eigenvalue weighted by atomic mass is 9.93. The van der Waals surface area contributed by atoms with E-state index in [4.69, 9.17) is 32.9 Å². The molecule has 3 aromatic carbocycles. The molecular formula is C34H35Cl2N5O4. The first-order valence-electron chi connectivity index (χ1n) is 15.3. The Morgan fingerprint density at radius 2 is 1.56 bits per heavy atom. The number of rotatable bonds is 6. The predicted octanol–water partition coefficient (Wildman–Crippen LogP) is 6.11. The van der Waals surface area contributed by atoms with Gasteiger partial charge < -0.3 is 19.9 Å². The van der Waals surface area contributed by atoms with Gasteiger partial charge in [-0.3, -0.25) is 19.5 Å². The van der Waals surface area contributed by atoms with Crippen molar-refractivity contribution in [3.05, 3.63) is 99.0 Å².